The number of nitrogens with zero attached hydrogens (tertiary/aromatic N) is 3. The summed E-state index contributed by atoms with van der Waals surface area (Å²) in [6, 6.07) is 20.7. The van der Waals surface area contributed by atoms with Crippen LogP contribution >= 0.6 is 11.8 Å². The lowest BCUT2D eigenvalue weighted by Crippen LogP contribution is -2.38. The first-order chi connectivity index (χ1) is 16.9. The van der Waals surface area contributed by atoms with Crippen molar-refractivity contribution in [2.45, 2.75) is 40.0 Å². The molecular weight excluding hydrogens is 452 g/mol. The fourth-order valence-electron chi connectivity index (χ4n) is 4.59. The number of thioether (sulfide) groups is 1. The average molecular weight is 481 g/mol. The fraction of sp³-hybridized carbons (Fsp3) is 0.207. The predicted molar refractivity (Wildman–Crippen MR) is 146 cm³/mol. The Balaban J connectivity index is 1.50. The molecule has 2 aromatic carbocycles. The summed E-state index contributed by atoms with van der Waals surface area (Å²) in [7, 11) is 0. The molecule has 0 saturated heterocycles. The molecule has 2 aliphatic heterocycles. The number of amides is 1. The van der Waals surface area contributed by atoms with Gasteiger partial charge in [0.15, 0.2) is 5.17 Å². The lowest BCUT2D eigenvalue weighted by Gasteiger charge is -2.26. The zero-order chi connectivity index (χ0) is 24.7. The predicted octanol–water partition coefficient (Wildman–Crippen LogP) is 6.91. The molecule has 3 heterocycles. The van der Waals surface area contributed by atoms with E-state index in [2.05, 4.69) is 67.6 Å². The molecule has 6 heteroatoms. The van der Waals surface area contributed by atoms with Crippen LogP contribution in [0.25, 0.3) is 17.5 Å². The Bertz CT molecular complexity index is 1410. The molecule has 0 bridgehead atoms. The van der Waals surface area contributed by atoms with E-state index in [0.717, 1.165) is 40.3 Å². The highest BCUT2D eigenvalue weighted by Gasteiger charge is 2.36. The minimum atomic E-state index is -0.376. The van der Waals surface area contributed by atoms with Crippen LogP contribution in [0.1, 0.15) is 54.3 Å². The third-order valence-corrected chi connectivity index (χ3v) is 7.61. The zero-order valence-electron chi connectivity index (χ0n) is 20.4. The molecule has 0 spiro atoms. The van der Waals surface area contributed by atoms with Gasteiger partial charge in [-0.2, -0.15) is 4.99 Å². The van der Waals surface area contributed by atoms with Crippen molar-refractivity contribution in [2.24, 2.45) is 4.99 Å². The number of aryl methyl sites for hydroxylation is 1. The number of carbonyl (C=O) groups excluding carboxylic acids is 1. The number of aromatic nitrogens is 1. The fourth-order valence-corrected chi connectivity index (χ4v) is 5.48. The smallest absolute Gasteiger partial charge is 0.283 e. The summed E-state index contributed by atoms with van der Waals surface area (Å²) in [5, 5.41) is 11.4. The van der Waals surface area contributed by atoms with Gasteiger partial charge in [0.05, 0.1) is 11.3 Å². The highest BCUT2D eigenvalue weighted by Crippen LogP contribution is 2.37. The van der Waals surface area contributed by atoms with E-state index in [4.69, 9.17) is 5.41 Å². The first-order valence-corrected chi connectivity index (χ1v) is 12.7. The molecule has 1 unspecified atom stereocenters. The first-order valence-electron chi connectivity index (χ1n) is 11.8. The third kappa shape index (κ3) is 4.08. The lowest BCUT2D eigenvalue weighted by molar-refractivity contribution is -0.114. The van der Waals surface area contributed by atoms with Gasteiger partial charge in [-0.15, -0.1) is 0 Å². The van der Waals surface area contributed by atoms with Crippen molar-refractivity contribution < 1.29 is 4.79 Å². The quantitative estimate of drug-likeness (QED) is 0.404. The Kier molecular flexibility index (Phi) is 6.07. The van der Waals surface area contributed by atoms with Gasteiger partial charge < -0.3 is 4.57 Å². The molecular formula is C29H28N4OS. The summed E-state index contributed by atoms with van der Waals surface area (Å²) in [6.07, 6.45) is 2.92. The number of fused-ring (bicyclic) bond motifs is 1. The number of rotatable bonds is 5. The number of hydrogen-bond acceptors (Lipinski definition) is 3. The van der Waals surface area contributed by atoms with Crippen LogP contribution in [0.4, 0.5) is 0 Å². The van der Waals surface area contributed by atoms with E-state index in [1.54, 1.807) is 4.90 Å². The lowest BCUT2D eigenvalue weighted by atomic mass is 9.98. The van der Waals surface area contributed by atoms with E-state index >= 15 is 0 Å². The van der Waals surface area contributed by atoms with Crippen LogP contribution < -0.4 is 0 Å². The summed E-state index contributed by atoms with van der Waals surface area (Å²) < 4.78 is 2.19. The van der Waals surface area contributed by atoms with Crippen molar-refractivity contribution in [3.63, 3.8) is 0 Å². The molecule has 176 valence electrons. The van der Waals surface area contributed by atoms with Gasteiger partial charge in [-0.3, -0.25) is 15.1 Å². The van der Waals surface area contributed by atoms with Gasteiger partial charge in [0.25, 0.3) is 5.91 Å². The largest absolute Gasteiger partial charge is 0.318 e. The van der Waals surface area contributed by atoms with E-state index in [-0.39, 0.29) is 11.7 Å². The molecule has 0 aliphatic carbocycles. The molecule has 0 fully saturated rings. The van der Waals surface area contributed by atoms with Gasteiger partial charge in [-0.05, 0) is 67.2 Å². The molecule has 5 rings (SSSR count). The van der Waals surface area contributed by atoms with Gasteiger partial charge in [0.2, 0.25) is 0 Å². The first kappa shape index (κ1) is 23.1. The van der Waals surface area contributed by atoms with Crippen LogP contribution in [0, 0.1) is 19.3 Å². The molecule has 2 aliphatic rings. The van der Waals surface area contributed by atoms with Crippen LogP contribution in [0.5, 0.6) is 0 Å². The minimum absolute atomic E-state index is 0.155. The Morgan fingerprint density at radius 1 is 1.09 bits per heavy atom. The number of aliphatic imine (C=N–C) groups is 1. The number of carbonyl (C=O) groups is 1. The summed E-state index contributed by atoms with van der Waals surface area (Å²) in [4.78, 5) is 19.0. The van der Waals surface area contributed by atoms with Crippen LogP contribution in [0.3, 0.4) is 0 Å². The molecule has 0 radical (unpaired) electrons. The maximum absolute atomic E-state index is 12.9. The van der Waals surface area contributed by atoms with Crippen molar-refractivity contribution in [1.82, 2.24) is 9.47 Å². The van der Waals surface area contributed by atoms with Crippen molar-refractivity contribution >= 4 is 40.4 Å². The van der Waals surface area contributed by atoms with Gasteiger partial charge in [0, 0.05) is 22.5 Å². The van der Waals surface area contributed by atoms with Crippen LogP contribution in [0.15, 0.2) is 76.6 Å². The van der Waals surface area contributed by atoms with Crippen LogP contribution in [-0.4, -0.2) is 26.4 Å². The topological polar surface area (TPSA) is 61.5 Å². The summed E-state index contributed by atoms with van der Waals surface area (Å²) in [6.45, 7) is 8.56. The van der Waals surface area contributed by atoms with E-state index in [0.29, 0.717) is 16.7 Å². The molecule has 1 aromatic heterocycles. The van der Waals surface area contributed by atoms with Crippen molar-refractivity contribution in [1.29, 1.82) is 5.41 Å². The second-order valence-electron chi connectivity index (χ2n) is 8.99. The monoisotopic (exact) mass is 480 g/mol. The Hall–Kier alpha value is -3.64. The summed E-state index contributed by atoms with van der Waals surface area (Å²) in [5.74, 6) is 0.311. The molecule has 5 nitrogen and oxygen atoms in total. The van der Waals surface area contributed by atoms with Crippen molar-refractivity contribution in [2.75, 3.05) is 0 Å². The average Bonchev–Trinajstić information content (AvgIpc) is 3.42. The molecule has 0 saturated carbocycles. The van der Waals surface area contributed by atoms with Crippen molar-refractivity contribution in [3.05, 3.63) is 99.7 Å². The second-order valence-corrected chi connectivity index (χ2v) is 9.83. The summed E-state index contributed by atoms with van der Waals surface area (Å²) >= 11 is 1.38. The zero-order valence-corrected chi connectivity index (χ0v) is 21.2. The standard InChI is InChI=1S/C29H28N4OS/c1-5-18(2)21-11-13-24(14-12-21)32-19(3)15-23(20(32)4)16-25-27(30)33-26(22-9-7-6-8-10-22)17-35-29(33)31-28(25)34/h6-18,30H,5H2,1-4H3/b25-16-,30-27?. The van der Waals surface area contributed by atoms with Crippen molar-refractivity contribution in [3.8, 4) is 5.69 Å². The number of hydrogen-bond donors (Lipinski definition) is 1. The Morgan fingerprint density at radius 2 is 1.80 bits per heavy atom. The second kappa shape index (κ2) is 9.19. The number of amidine groups is 2. The molecule has 1 amide bonds. The summed E-state index contributed by atoms with van der Waals surface area (Å²) in [5.41, 5.74) is 7.59. The molecule has 3 aromatic rings. The van der Waals surface area contributed by atoms with Gasteiger partial charge >= 0.3 is 0 Å². The highest BCUT2D eigenvalue weighted by molar-refractivity contribution is 8.17. The normalized spacial score (nSPS) is 17.5. The molecule has 1 N–H and O–H groups in total. The minimum Gasteiger partial charge on any atom is -0.318 e. The Morgan fingerprint density at radius 3 is 2.49 bits per heavy atom. The maximum Gasteiger partial charge on any atom is 0.283 e. The van der Waals surface area contributed by atoms with E-state index in [1.807, 2.05) is 41.8 Å². The van der Waals surface area contributed by atoms with Gasteiger partial charge in [0.1, 0.15) is 5.84 Å². The molecule has 35 heavy (non-hydrogen) atoms. The number of benzene rings is 2. The third-order valence-electron chi connectivity index (χ3n) is 6.79. The molecule has 1 atom stereocenters. The van der Waals surface area contributed by atoms with E-state index in [1.165, 1.54) is 17.3 Å². The van der Waals surface area contributed by atoms with Crippen LogP contribution in [0.2, 0.25) is 0 Å². The van der Waals surface area contributed by atoms with Gasteiger partial charge in [-0.25, -0.2) is 0 Å². The Labute approximate surface area is 210 Å². The SMILES string of the molecule is CCC(C)c1ccc(-n2c(C)cc(/C=C3/C(=N)N4C(c5ccccc5)=CSC4=NC3=O)c2C)cc1. The number of nitrogens with one attached hydrogen (secondary N) is 1. The van der Waals surface area contributed by atoms with E-state index < -0.39 is 0 Å². The maximum atomic E-state index is 12.9. The van der Waals surface area contributed by atoms with Gasteiger partial charge in [-0.1, -0.05) is 68.1 Å². The van der Waals surface area contributed by atoms with E-state index in [9.17, 15) is 4.79 Å². The highest BCUT2D eigenvalue weighted by atomic mass is 32.2. The van der Waals surface area contributed by atoms with Crippen LogP contribution in [-0.2, 0) is 4.79 Å².